The van der Waals surface area contributed by atoms with Crippen LogP contribution in [-0.4, -0.2) is 69.7 Å². The van der Waals surface area contributed by atoms with Gasteiger partial charge in [-0.15, -0.1) is 0 Å². The van der Waals surface area contributed by atoms with Crippen molar-refractivity contribution in [3.05, 3.63) is 6.33 Å². The summed E-state index contributed by atoms with van der Waals surface area (Å²) in [6.07, 6.45) is -3.74. The molecule has 1 fully saturated rings. The van der Waals surface area contributed by atoms with Crippen molar-refractivity contribution in [3.8, 4) is 0 Å². The summed E-state index contributed by atoms with van der Waals surface area (Å²) in [4.78, 5) is 30.3. The van der Waals surface area contributed by atoms with Gasteiger partial charge in [0.2, 0.25) is 0 Å². The number of aromatic nitrogens is 4. The molecular weight excluding hydrogens is 401 g/mol. The third-order valence-corrected chi connectivity index (χ3v) is 5.14. The predicted molar refractivity (Wildman–Crippen MR) is 94.6 cm³/mol. The Morgan fingerprint density at radius 2 is 2.07 bits per heavy atom. The molecule has 0 radical (unpaired) electrons. The molecule has 0 aliphatic carbocycles. The van der Waals surface area contributed by atoms with Crippen LogP contribution in [0.3, 0.4) is 0 Å². The number of nitrogens with zero attached hydrogens (tertiary/aromatic N) is 4. The number of imidazole rings is 1. The maximum atomic E-state index is 10.8. The van der Waals surface area contributed by atoms with Gasteiger partial charge in [-0.05, 0) is 0 Å². The Morgan fingerprint density at radius 1 is 1.37 bits per heavy atom. The van der Waals surface area contributed by atoms with E-state index in [1.807, 2.05) is 13.8 Å². The van der Waals surface area contributed by atoms with Gasteiger partial charge in [-0.3, -0.25) is 9.09 Å². The molecule has 0 spiro atoms. The van der Waals surface area contributed by atoms with Crippen LogP contribution in [0.25, 0.3) is 11.2 Å². The Hall–Kier alpha value is -1.31. The van der Waals surface area contributed by atoms with E-state index in [0.717, 1.165) is 0 Å². The van der Waals surface area contributed by atoms with Crippen molar-refractivity contribution >= 4 is 36.6 Å². The Labute approximate surface area is 158 Å². The highest BCUT2D eigenvalue weighted by molar-refractivity contribution is 7.99. The lowest BCUT2D eigenvalue weighted by atomic mass is 10.1. The molecule has 0 aromatic carbocycles. The SMILES string of the molecule is CC(C)Sc1nc(N)c2ncn([C@@H]3O[C@H](COP(=O)(O)O)C(O)C3O)c2n1. The average molecular weight is 421 g/mol. The van der Waals surface area contributed by atoms with Crippen LogP contribution in [0.5, 0.6) is 0 Å². The fourth-order valence-electron chi connectivity index (χ4n) is 2.63. The van der Waals surface area contributed by atoms with E-state index in [-0.39, 0.29) is 11.1 Å². The summed E-state index contributed by atoms with van der Waals surface area (Å²) >= 11 is 1.39. The Morgan fingerprint density at radius 3 is 2.70 bits per heavy atom. The number of rotatable bonds is 6. The Kier molecular flexibility index (Phi) is 5.75. The lowest BCUT2D eigenvalue weighted by molar-refractivity contribution is -0.0504. The summed E-state index contributed by atoms with van der Waals surface area (Å²) in [5.41, 5.74) is 6.54. The van der Waals surface area contributed by atoms with Crippen LogP contribution < -0.4 is 5.73 Å². The molecule has 1 aliphatic rings. The Bertz CT molecular complexity index is 874. The van der Waals surface area contributed by atoms with E-state index < -0.39 is 39.0 Å². The van der Waals surface area contributed by atoms with E-state index in [9.17, 15) is 14.8 Å². The zero-order valence-electron chi connectivity index (χ0n) is 14.4. The number of aliphatic hydroxyl groups is 2. The van der Waals surface area contributed by atoms with Crippen LogP contribution in [0, 0.1) is 0 Å². The van der Waals surface area contributed by atoms with Crippen LogP contribution in [-0.2, 0) is 13.8 Å². The van der Waals surface area contributed by atoms with Gasteiger partial charge >= 0.3 is 7.82 Å². The number of nitrogen functional groups attached to an aromatic ring is 1. The molecule has 2 aromatic rings. The van der Waals surface area contributed by atoms with Crippen LogP contribution >= 0.6 is 19.6 Å². The second kappa shape index (κ2) is 7.60. The van der Waals surface area contributed by atoms with E-state index in [2.05, 4.69) is 19.5 Å². The van der Waals surface area contributed by atoms with Gasteiger partial charge in [0.1, 0.15) is 23.8 Å². The largest absolute Gasteiger partial charge is 0.469 e. The quantitative estimate of drug-likeness (QED) is 0.232. The average Bonchev–Trinajstić information content (AvgIpc) is 3.07. The molecule has 150 valence electrons. The number of thioether (sulfide) groups is 1. The number of nitrogens with two attached hydrogens (primary N) is 1. The fourth-order valence-corrected chi connectivity index (χ4v) is 3.69. The first kappa shape index (κ1) is 20.4. The molecule has 2 unspecified atom stereocenters. The zero-order chi connectivity index (χ0) is 19.9. The molecule has 14 heteroatoms. The normalized spacial score (nSPS) is 26.3. The summed E-state index contributed by atoms with van der Waals surface area (Å²) in [5, 5.41) is 21.1. The van der Waals surface area contributed by atoms with Crippen molar-refractivity contribution in [3.63, 3.8) is 0 Å². The van der Waals surface area contributed by atoms with Crippen molar-refractivity contribution in [1.29, 1.82) is 0 Å². The fraction of sp³-hybridized carbons (Fsp3) is 0.615. The minimum Gasteiger partial charge on any atom is -0.387 e. The molecule has 6 N–H and O–H groups in total. The summed E-state index contributed by atoms with van der Waals surface area (Å²) < 4.78 is 22.1. The molecule has 0 amide bonds. The minimum absolute atomic E-state index is 0.163. The van der Waals surface area contributed by atoms with E-state index in [1.165, 1.54) is 22.7 Å². The van der Waals surface area contributed by atoms with E-state index in [1.54, 1.807) is 0 Å². The first-order chi connectivity index (χ1) is 12.6. The maximum Gasteiger partial charge on any atom is 0.469 e. The predicted octanol–water partition coefficient (Wildman–Crippen LogP) is -0.362. The number of anilines is 1. The van der Waals surface area contributed by atoms with Crippen molar-refractivity contribution in [2.24, 2.45) is 0 Å². The van der Waals surface area contributed by atoms with Gasteiger partial charge in [0, 0.05) is 5.25 Å². The minimum atomic E-state index is -4.74. The van der Waals surface area contributed by atoms with Crippen molar-refractivity contribution in [1.82, 2.24) is 19.5 Å². The number of phosphoric acid groups is 1. The smallest absolute Gasteiger partial charge is 0.387 e. The highest BCUT2D eigenvalue weighted by Crippen LogP contribution is 2.39. The molecule has 1 aliphatic heterocycles. The number of aliphatic hydroxyl groups excluding tert-OH is 2. The number of hydrogen-bond donors (Lipinski definition) is 5. The second-order valence-electron chi connectivity index (χ2n) is 6.21. The molecule has 0 saturated carbocycles. The molecule has 4 atom stereocenters. The van der Waals surface area contributed by atoms with Gasteiger partial charge in [-0.1, -0.05) is 25.6 Å². The van der Waals surface area contributed by atoms with Crippen molar-refractivity contribution in [2.45, 2.75) is 48.8 Å². The lowest BCUT2D eigenvalue weighted by Crippen LogP contribution is -2.33. The topological polar surface area (TPSA) is 186 Å². The molecule has 3 heterocycles. The highest BCUT2D eigenvalue weighted by Gasteiger charge is 2.45. The summed E-state index contributed by atoms with van der Waals surface area (Å²) in [6, 6.07) is 0. The van der Waals surface area contributed by atoms with E-state index in [4.69, 9.17) is 20.3 Å². The molecule has 0 bridgehead atoms. The van der Waals surface area contributed by atoms with Crippen LogP contribution in [0.2, 0.25) is 0 Å². The summed E-state index contributed by atoms with van der Waals surface area (Å²) in [7, 11) is -4.74. The van der Waals surface area contributed by atoms with Crippen molar-refractivity contribution in [2.75, 3.05) is 12.3 Å². The highest BCUT2D eigenvalue weighted by atomic mass is 32.2. The van der Waals surface area contributed by atoms with E-state index >= 15 is 0 Å². The monoisotopic (exact) mass is 421 g/mol. The zero-order valence-corrected chi connectivity index (χ0v) is 16.1. The lowest BCUT2D eigenvalue weighted by Gasteiger charge is -2.17. The van der Waals surface area contributed by atoms with Gasteiger partial charge in [0.05, 0.1) is 12.9 Å². The summed E-state index contributed by atoms with van der Waals surface area (Å²) in [5.74, 6) is 0.163. The van der Waals surface area contributed by atoms with Gasteiger partial charge < -0.3 is 30.5 Å². The van der Waals surface area contributed by atoms with Gasteiger partial charge in [-0.2, -0.15) is 0 Å². The number of hydrogen-bond acceptors (Lipinski definition) is 10. The second-order valence-corrected chi connectivity index (χ2v) is 9.00. The van der Waals surface area contributed by atoms with Crippen LogP contribution in [0.4, 0.5) is 5.82 Å². The van der Waals surface area contributed by atoms with Crippen LogP contribution in [0.15, 0.2) is 11.5 Å². The van der Waals surface area contributed by atoms with Gasteiger partial charge in [0.25, 0.3) is 0 Å². The number of ether oxygens (including phenoxy) is 1. The molecule has 27 heavy (non-hydrogen) atoms. The number of fused-ring (bicyclic) bond motifs is 1. The first-order valence-corrected chi connectivity index (χ1v) is 10.4. The van der Waals surface area contributed by atoms with Crippen molar-refractivity contribution < 1.29 is 33.8 Å². The summed E-state index contributed by atoms with van der Waals surface area (Å²) in [6.45, 7) is 3.34. The maximum absolute atomic E-state index is 10.8. The first-order valence-electron chi connectivity index (χ1n) is 7.95. The third kappa shape index (κ3) is 4.41. The van der Waals surface area contributed by atoms with E-state index in [0.29, 0.717) is 16.3 Å². The standard InChI is InChI=1S/C13H20N5O7PS/c1-5(2)27-13-16-10(14)7-11(17-13)18(4-15-7)12-9(20)8(19)6(25-12)3-24-26(21,22)23/h4-6,8-9,12,19-20H,3H2,1-2H3,(H2,14,16,17)(H2,21,22,23)/t6-,8?,9?,12-/m1/s1. The molecule has 12 nitrogen and oxygen atoms in total. The van der Waals surface area contributed by atoms with Gasteiger partial charge in [0.15, 0.2) is 22.8 Å². The molecule has 3 rings (SSSR count). The molecular formula is C13H20N5O7PS. The van der Waals surface area contributed by atoms with Crippen LogP contribution in [0.1, 0.15) is 20.1 Å². The third-order valence-electron chi connectivity index (χ3n) is 3.79. The van der Waals surface area contributed by atoms with Gasteiger partial charge in [-0.25, -0.2) is 19.5 Å². The number of phosphoric ester groups is 1. The molecule has 2 aromatic heterocycles. The molecule has 1 saturated heterocycles. The Balaban J connectivity index is 1.90.